The topological polar surface area (TPSA) is 59.4 Å². The summed E-state index contributed by atoms with van der Waals surface area (Å²) in [7, 11) is 1.56. The maximum Gasteiger partial charge on any atom is 0.304 e. The lowest BCUT2D eigenvalue weighted by molar-refractivity contribution is -0.137. The molecule has 5 heteroatoms. The quantitative estimate of drug-likeness (QED) is 0.916. The van der Waals surface area contributed by atoms with Gasteiger partial charge in [0.2, 0.25) is 0 Å². The molecule has 0 fully saturated rings. The minimum absolute atomic E-state index is 0.0543. The van der Waals surface area contributed by atoms with Crippen LogP contribution in [0.25, 0.3) is 0 Å². The van der Waals surface area contributed by atoms with Crippen LogP contribution in [-0.4, -0.2) is 23.2 Å². The summed E-state index contributed by atoms with van der Waals surface area (Å²) in [6.45, 7) is 1.82. The number of ether oxygens (including phenoxy) is 1. The molecule has 1 heterocycles. The average molecular weight is 274 g/mol. The van der Waals surface area contributed by atoms with Crippen molar-refractivity contribution in [3.8, 4) is 5.75 Å². The number of aromatic nitrogens is 1. The number of carboxylic acids is 1. The van der Waals surface area contributed by atoms with E-state index in [9.17, 15) is 4.79 Å². The van der Waals surface area contributed by atoms with E-state index in [0.29, 0.717) is 11.4 Å². The summed E-state index contributed by atoms with van der Waals surface area (Å²) in [6.07, 6.45) is 1.66. The number of methoxy groups -OCH3 is 1. The zero-order valence-corrected chi connectivity index (χ0v) is 10.1. The first kappa shape index (κ1) is 12.0. The van der Waals surface area contributed by atoms with Crippen LogP contribution in [0.5, 0.6) is 5.75 Å². The molecule has 1 unspecified atom stereocenters. The van der Waals surface area contributed by atoms with Crippen molar-refractivity contribution < 1.29 is 14.6 Å². The van der Waals surface area contributed by atoms with Crippen molar-refractivity contribution in [1.29, 1.82) is 0 Å². The van der Waals surface area contributed by atoms with Crippen molar-refractivity contribution in [3.05, 3.63) is 22.4 Å². The molecule has 0 aliphatic heterocycles. The van der Waals surface area contributed by atoms with Crippen LogP contribution in [0.15, 0.2) is 16.7 Å². The molecule has 0 saturated heterocycles. The van der Waals surface area contributed by atoms with Crippen LogP contribution in [0.4, 0.5) is 0 Å². The van der Waals surface area contributed by atoms with Crippen LogP contribution in [0.3, 0.4) is 0 Å². The highest BCUT2D eigenvalue weighted by molar-refractivity contribution is 9.10. The first-order valence-electron chi connectivity index (χ1n) is 4.46. The molecule has 0 amide bonds. The molecule has 0 bridgehead atoms. The number of pyridine rings is 1. The summed E-state index contributed by atoms with van der Waals surface area (Å²) < 4.78 is 5.83. The van der Waals surface area contributed by atoms with Gasteiger partial charge in [-0.2, -0.15) is 0 Å². The number of carboxylic acid groups (broad SMARTS) is 1. The molecule has 0 saturated carbocycles. The molecule has 1 rings (SSSR count). The van der Waals surface area contributed by atoms with Gasteiger partial charge in [0.1, 0.15) is 5.75 Å². The molecular weight excluding hydrogens is 262 g/mol. The molecule has 0 aromatic carbocycles. The lowest BCUT2D eigenvalue weighted by Crippen LogP contribution is -2.06. The lowest BCUT2D eigenvalue weighted by Gasteiger charge is -2.12. The monoisotopic (exact) mass is 273 g/mol. The number of halogens is 1. The van der Waals surface area contributed by atoms with Crippen LogP contribution >= 0.6 is 15.9 Å². The number of carbonyl (C=O) groups is 1. The minimum Gasteiger partial charge on any atom is -0.495 e. The Morgan fingerprint density at radius 1 is 1.73 bits per heavy atom. The molecule has 82 valence electrons. The van der Waals surface area contributed by atoms with Gasteiger partial charge in [-0.05, 0) is 22.0 Å². The Morgan fingerprint density at radius 3 is 2.93 bits per heavy atom. The summed E-state index contributed by atoms with van der Waals surface area (Å²) in [6, 6.07) is 1.72. The van der Waals surface area contributed by atoms with Crippen molar-refractivity contribution in [2.75, 3.05) is 7.11 Å². The molecule has 4 nitrogen and oxygen atoms in total. The van der Waals surface area contributed by atoms with E-state index in [1.165, 1.54) is 0 Å². The van der Waals surface area contributed by atoms with Gasteiger partial charge in [-0.15, -0.1) is 0 Å². The zero-order valence-electron chi connectivity index (χ0n) is 8.53. The summed E-state index contributed by atoms with van der Waals surface area (Å²) in [5.41, 5.74) is 0.705. The van der Waals surface area contributed by atoms with Crippen LogP contribution in [0, 0.1) is 0 Å². The Labute approximate surface area is 96.4 Å². The first-order chi connectivity index (χ1) is 7.06. The zero-order chi connectivity index (χ0) is 11.4. The van der Waals surface area contributed by atoms with Gasteiger partial charge in [-0.25, -0.2) is 0 Å². The van der Waals surface area contributed by atoms with Crippen LogP contribution in [0.2, 0.25) is 0 Å². The molecule has 0 aliphatic rings. The number of hydrogen-bond acceptors (Lipinski definition) is 3. The maximum absolute atomic E-state index is 10.6. The van der Waals surface area contributed by atoms with E-state index in [0.717, 1.165) is 4.47 Å². The van der Waals surface area contributed by atoms with E-state index in [1.54, 1.807) is 19.4 Å². The van der Waals surface area contributed by atoms with Gasteiger partial charge >= 0.3 is 5.97 Å². The Hall–Kier alpha value is -1.10. The van der Waals surface area contributed by atoms with E-state index < -0.39 is 5.97 Å². The fourth-order valence-electron chi connectivity index (χ4n) is 1.30. The molecule has 1 atom stereocenters. The number of nitrogens with zero attached hydrogens (tertiary/aromatic N) is 1. The van der Waals surface area contributed by atoms with Crippen LogP contribution < -0.4 is 4.74 Å². The molecule has 15 heavy (non-hydrogen) atoms. The van der Waals surface area contributed by atoms with E-state index in [2.05, 4.69) is 20.9 Å². The normalized spacial score (nSPS) is 12.2. The van der Waals surface area contributed by atoms with Gasteiger partial charge in [-0.3, -0.25) is 9.78 Å². The Balaban J connectivity index is 2.98. The molecule has 1 aromatic rings. The summed E-state index contributed by atoms with van der Waals surface area (Å²) in [5.74, 6) is -0.316. The predicted molar refractivity (Wildman–Crippen MR) is 59.2 cm³/mol. The highest BCUT2D eigenvalue weighted by Gasteiger charge is 2.16. The number of aliphatic carboxylic acids is 1. The Kier molecular flexibility index (Phi) is 4.08. The fraction of sp³-hybridized carbons (Fsp3) is 0.400. The number of rotatable bonds is 4. The third-order valence-electron chi connectivity index (χ3n) is 2.05. The SMILES string of the molecule is COc1ccnc(C(C)CC(=O)O)c1Br. The second-order valence-electron chi connectivity index (χ2n) is 3.21. The second kappa shape index (κ2) is 5.11. The van der Waals surface area contributed by atoms with Crippen molar-refractivity contribution in [2.45, 2.75) is 19.3 Å². The van der Waals surface area contributed by atoms with Gasteiger partial charge in [0.25, 0.3) is 0 Å². The van der Waals surface area contributed by atoms with Gasteiger partial charge in [-0.1, -0.05) is 6.92 Å². The van der Waals surface area contributed by atoms with Gasteiger partial charge in [0.15, 0.2) is 0 Å². The van der Waals surface area contributed by atoms with Crippen molar-refractivity contribution in [3.63, 3.8) is 0 Å². The molecular formula is C10H12BrNO3. The van der Waals surface area contributed by atoms with Crippen molar-refractivity contribution in [2.24, 2.45) is 0 Å². The largest absolute Gasteiger partial charge is 0.495 e. The van der Waals surface area contributed by atoms with Crippen LogP contribution in [0.1, 0.15) is 25.0 Å². The Bertz CT molecular complexity index is 368. The fourth-order valence-corrected chi connectivity index (χ4v) is 2.09. The van der Waals surface area contributed by atoms with Crippen molar-refractivity contribution >= 4 is 21.9 Å². The van der Waals surface area contributed by atoms with E-state index in [-0.39, 0.29) is 12.3 Å². The summed E-state index contributed by atoms with van der Waals surface area (Å²) in [5, 5.41) is 8.69. The van der Waals surface area contributed by atoms with E-state index in [1.807, 2.05) is 6.92 Å². The van der Waals surface area contributed by atoms with E-state index >= 15 is 0 Å². The lowest BCUT2D eigenvalue weighted by atomic mass is 10.0. The standard InChI is InChI=1S/C10H12BrNO3/c1-6(5-8(13)14)10-9(11)7(15-2)3-4-12-10/h3-4,6H,5H2,1-2H3,(H,13,14). The predicted octanol–water partition coefficient (Wildman–Crippen LogP) is 2.43. The minimum atomic E-state index is -0.834. The summed E-state index contributed by atoms with van der Waals surface area (Å²) in [4.78, 5) is 14.7. The van der Waals surface area contributed by atoms with Gasteiger partial charge in [0, 0.05) is 12.1 Å². The third-order valence-corrected chi connectivity index (χ3v) is 2.85. The van der Waals surface area contributed by atoms with Gasteiger partial charge in [0.05, 0.1) is 23.7 Å². The summed E-state index contributed by atoms with van der Waals surface area (Å²) >= 11 is 3.35. The molecule has 0 radical (unpaired) electrons. The molecule has 0 spiro atoms. The highest BCUT2D eigenvalue weighted by atomic mass is 79.9. The van der Waals surface area contributed by atoms with Crippen molar-refractivity contribution in [1.82, 2.24) is 4.98 Å². The maximum atomic E-state index is 10.6. The molecule has 1 N–H and O–H groups in total. The molecule has 0 aliphatic carbocycles. The highest BCUT2D eigenvalue weighted by Crippen LogP contribution is 2.32. The van der Waals surface area contributed by atoms with E-state index in [4.69, 9.17) is 9.84 Å². The molecule has 1 aromatic heterocycles. The smallest absolute Gasteiger partial charge is 0.304 e. The average Bonchev–Trinajstić information content (AvgIpc) is 2.17. The number of hydrogen-bond donors (Lipinski definition) is 1. The first-order valence-corrected chi connectivity index (χ1v) is 5.25. The van der Waals surface area contributed by atoms with Gasteiger partial charge < -0.3 is 9.84 Å². The van der Waals surface area contributed by atoms with Crippen LogP contribution in [-0.2, 0) is 4.79 Å². The Morgan fingerprint density at radius 2 is 2.40 bits per heavy atom. The third kappa shape index (κ3) is 2.92. The second-order valence-corrected chi connectivity index (χ2v) is 4.00.